The minimum absolute atomic E-state index is 1.17. The fourth-order valence-electron chi connectivity index (χ4n) is 6.83. The number of fused-ring (bicyclic) bond motifs is 7. The van der Waals surface area contributed by atoms with E-state index in [2.05, 4.69) is 167 Å². The van der Waals surface area contributed by atoms with Gasteiger partial charge in [0.1, 0.15) is 0 Å². The summed E-state index contributed by atoms with van der Waals surface area (Å²) in [6.07, 6.45) is 0. The fraction of sp³-hybridized carbons (Fsp3) is 0. The molecule has 0 N–H and O–H groups in total. The van der Waals surface area contributed by atoms with Gasteiger partial charge in [0, 0.05) is 38.5 Å². The first-order valence-corrected chi connectivity index (χ1v) is 14.5. The number of rotatable bonds is 3. The second-order valence-corrected chi connectivity index (χ2v) is 11.0. The molecule has 0 saturated heterocycles. The molecule has 7 aromatic carbocycles. The van der Waals surface area contributed by atoms with Crippen LogP contribution >= 0.6 is 0 Å². The van der Waals surface area contributed by atoms with Crippen LogP contribution in [-0.2, 0) is 0 Å². The van der Waals surface area contributed by atoms with Crippen LogP contribution in [0.1, 0.15) is 0 Å². The Morgan fingerprint density at radius 2 is 0.976 bits per heavy atom. The first-order valence-electron chi connectivity index (χ1n) is 14.5. The highest BCUT2D eigenvalue weighted by Crippen LogP contribution is 2.40. The molecule has 9 aromatic rings. The maximum atomic E-state index is 2.42. The first kappa shape index (κ1) is 23.1. The van der Waals surface area contributed by atoms with Crippen LogP contribution in [0.4, 0.5) is 0 Å². The number of hydrogen-bond acceptors (Lipinski definition) is 0. The summed E-state index contributed by atoms with van der Waals surface area (Å²) in [5, 5.41) is 7.57. The molecule has 9 rings (SSSR count). The molecule has 0 aliphatic carbocycles. The number of hydrogen-bond donors (Lipinski definition) is 0. The van der Waals surface area contributed by atoms with Gasteiger partial charge in [-0.25, -0.2) is 0 Å². The van der Waals surface area contributed by atoms with Gasteiger partial charge in [0.25, 0.3) is 0 Å². The summed E-state index contributed by atoms with van der Waals surface area (Å²) < 4.78 is 4.82. The standard InChI is InChI=1S/C40H26N2/c1-2-13-30(14-3-1)42-38-20-9-6-15-33(38)35-18-10-17-32(40(35)42)29-22-24-39-36(26-29)34-16-7-8-19-37(34)41(39)31-23-21-27-11-4-5-12-28(27)25-31/h1-26H. The summed E-state index contributed by atoms with van der Waals surface area (Å²) in [5.74, 6) is 0. The van der Waals surface area contributed by atoms with E-state index < -0.39 is 0 Å². The Bertz CT molecular complexity index is 2460. The van der Waals surface area contributed by atoms with Crippen LogP contribution in [0.15, 0.2) is 158 Å². The molecular weight excluding hydrogens is 508 g/mol. The molecule has 0 fully saturated rings. The number of aromatic nitrogens is 2. The zero-order valence-corrected chi connectivity index (χ0v) is 22.9. The zero-order chi connectivity index (χ0) is 27.6. The normalized spacial score (nSPS) is 11.8. The van der Waals surface area contributed by atoms with Crippen molar-refractivity contribution in [1.29, 1.82) is 0 Å². The number of para-hydroxylation sites is 4. The van der Waals surface area contributed by atoms with Gasteiger partial charge in [0.2, 0.25) is 0 Å². The van der Waals surface area contributed by atoms with Crippen molar-refractivity contribution in [1.82, 2.24) is 9.13 Å². The molecule has 0 bridgehead atoms. The second-order valence-electron chi connectivity index (χ2n) is 11.0. The molecule has 0 unspecified atom stereocenters. The summed E-state index contributed by atoms with van der Waals surface area (Å²) in [6, 6.07) is 57.2. The van der Waals surface area contributed by atoms with Crippen LogP contribution < -0.4 is 0 Å². The summed E-state index contributed by atoms with van der Waals surface area (Å²) >= 11 is 0. The van der Waals surface area contributed by atoms with Gasteiger partial charge in [-0.3, -0.25) is 0 Å². The molecule has 0 aliphatic rings. The highest BCUT2D eigenvalue weighted by Gasteiger charge is 2.18. The quantitative estimate of drug-likeness (QED) is 0.213. The lowest BCUT2D eigenvalue weighted by atomic mass is 10.00. The van der Waals surface area contributed by atoms with Gasteiger partial charge in [-0.15, -0.1) is 0 Å². The lowest BCUT2D eigenvalue weighted by Crippen LogP contribution is -1.95. The molecule has 0 spiro atoms. The molecule has 2 heteroatoms. The third-order valence-corrected chi connectivity index (χ3v) is 8.68. The van der Waals surface area contributed by atoms with E-state index in [1.807, 2.05) is 0 Å². The average molecular weight is 535 g/mol. The Hall–Kier alpha value is -5.60. The Kier molecular flexibility index (Phi) is 4.93. The van der Waals surface area contributed by atoms with Crippen molar-refractivity contribution < 1.29 is 0 Å². The van der Waals surface area contributed by atoms with Crippen LogP contribution in [0, 0.1) is 0 Å². The Labute approximate surface area is 243 Å². The van der Waals surface area contributed by atoms with E-state index in [9.17, 15) is 0 Å². The van der Waals surface area contributed by atoms with Crippen LogP contribution in [0.25, 0.3) is 76.9 Å². The molecule has 2 heterocycles. The van der Waals surface area contributed by atoms with Crippen molar-refractivity contribution in [3.8, 4) is 22.5 Å². The van der Waals surface area contributed by atoms with Gasteiger partial charge in [-0.2, -0.15) is 0 Å². The Morgan fingerprint density at radius 3 is 1.81 bits per heavy atom. The second kappa shape index (κ2) is 8.95. The van der Waals surface area contributed by atoms with Crippen LogP contribution in [0.5, 0.6) is 0 Å². The van der Waals surface area contributed by atoms with Gasteiger partial charge in [0.05, 0.1) is 22.1 Å². The molecule has 0 aliphatic heterocycles. The molecule has 0 amide bonds. The number of benzene rings is 7. The lowest BCUT2D eigenvalue weighted by Gasteiger charge is -2.12. The van der Waals surface area contributed by atoms with E-state index in [0.717, 1.165) is 0 Å². The molecule has 2 nitrogen and oxygen atoms in total. The van der Waals surface area contributed by atoms with Gasteiger partial charge in [-0.05, 0) is 64.9 Å². The van der Waals surface area contributed by atoms with Gasteiger partial charge in [0.15, 0.2) is 0 Å². The zero-order valence-electron chi connectivity index (χ0n) is 22.9. The van der Waals surface area contributed by atoms with E-state index >= 15 is 0 Å². The predicted octanol–water partition coefficient (Wildman–Crippen LogP) is 10.7. The van der Waals surface area contributed by atoms with Gasteiger partial charge < -0.3 is 9.13 Å². The molecule has 42 heavy (non-hydrogen) atoms. The van der Waals surface area contributed by atoms with Crippen molar-refractivity contribution in [2.75, 3.05) is 0 Å². The average Bonchev–Trinajstić information content (AvgIpc) is 3.58. The van der Waals surface area contributed by atoms with E-state index in [0.29, 0.717) is 0 Å². The summed E-state index contributed by atoms with van der Waals surface area (Å²) in [6.45, 7) is 0. The summed E-state index contributed by atoms with van der Waals surface area (Å²) in [4.78, 5) is 0. The van der Waals surface area contributed by atoms with Crippen molar-refractivity contribution in [2.45, 2.75) is 0 Å². The van der Waals surface area contributed by atoms with E-state index in [-0.39, 0.29) is 0 Å². The molecule has 0 saturated carbocycles. The van der Waals surface area contributed by atoms with Crippen LogP contribution in [0.2, 0.25) is 0 Å². The van der Waals surface area contributed by atoms with Crippen LogP contribution in [-0.4, -0.2) is 9.13 Å². The maximum absolute atomic E-state index is 2.42. The molecule has 196 valence electrons. The van der Waals surface area contributed by atoms with Crippen LogP contribution in [0.3, 0.4) is 0 Å². The number of nitrogens with zero attached hydrogens (tertiary/aromatic N) is 2. The van der Waals surface area contributed by atoms with E-state index in [1.54, 1.807) is 0 Å². The molecular formula is C40H26N2. The lowest BCUT2D eigenvalue weighted by molar-refractivity contribution is 1.18. The molecule has 0 radical (unpaired) electrons. The minimum Gasteiger partial charge on any atom is -0.309 e. The smallest absolute Gasteiger partial charge is 0.0619 e. The van der Waals surface area contributed by atoms with E-state index in [1.165, 1.54) is 76.9 Å². The predicted molar refractivity (Wildman–Crippen MR) is 178 cm³/mol. The Morgan fingerprint density at radius 1 is 0.333 bits per heavy atom. The van der Waals surface area contributed by atoms with E-state index in [4.69, 9.17) is 0 Å². The van der Waals surface area contributed by atoms with Gasteiger partial charge >= 0.3 is 0 Å². The Balaban J connectivity index is 1.34. The topological polar surface area (TPSA) is 9.86 Å². The molecule has 2 aromatic heterocycles. The van der Waals surface area contributed by atoms with Gasteiger partial charge in [-0.1, -0.05) is 109 Å². The fourth-order valence-corrected chi connectivity index (χ4v) is 6.83. The van der Waals surface area contributed by atoms with Crippen molar-refractivity contribution in [2.24, 2.45) is 0 Å². The van der Waals surface area contributed by atoms with Crippen molar-refractivity contribution >= 4 is 54.4 Å². The third kappa shape index (κ3) is 3.33. The summed E-state index contributed by atoms with van der Waals surface area (Å²) in [7, 11) is 0. The highest BCUT2D eigenvalue weighted by molar-refractivity contribution is 6.15. The van der Waals surface area contributed by atoms with Crippen molar-refractivity contribution in [3.63, 3.8) is 0 Å². The summed E-state index contributed by atoms with van der Waals surface area (Å²) in [5.41, 5.74) is 9.70. The maximum Gasteiger partial charge on any atom is 0.0619 e. The first-order chi connectivity index (χ1) is 20.8. The highest BCUT2D eigenvalue weighted by atomic mass is 15.0. The minimum atomic E-state index is 1.17. The largest absolute Gasteiger partial charge is 0.309 e. The monoisotopic (exact) mass is 534 g/mol. The molecule has 0 atom stereocenters. The third-order valence-electron chi connectivity index (χ3n) is 8.68. The van der Waals surface area contributed by atoms with Crippen molar-refractivity contribution in [3.05, 3.63) is 158 Å². The SMILES string of the molecule is c1ccc(-n2c3ccccc3c3cccc(-c4ccc5c(c4)c4ccccc4n5-c4ccc5ccccc5c4)c32)cc1.